The summed E-state index contributed by atoms with van der Waals surface area (Å²) in [7, 11) is 1.62. The van der Waals surface area contributed by atoms with Crippen LogP contribution in [-0.2, 0) is 11.3 Å². The SMILES string of the molecule is COCc1nc(Cl)cc(NCC2(C)CCCC2)n1. The number of nitrogens with one attached hydrogen (secondary N) is 1. The van der Waals surface area contributed by atoms with Crippen molar-refractivity contribution in [1.29, 1.82) is 0 Å². The molecule has 1 aliphatic rings. The zero-order chi connectivity index (χ0) is 13.0. The number of halogens is 1. The summed E-state index contributed by atoms with van der Waals surface area (Å²) in [6, 6.07) is 1.76. The first-order valence-electron chi connectivity index (χ1n) is 6.38. The van der Waals surface area contributed by atoms with E-state index < -0.39 is 0 Å². The topological polar surface area (TPSA) is 47.0 Å². The Hall–Kier alpha value is -0.870. The van der Waals surface area contributed by atoms with Gasteiger partial charge in [-0.25, -0.2) is 9.97 Å². The van der Waals surface area contributed by atoms with E-state index in [-0.39, 0.29) is 0 Å². The van der Waals surface area contributed by atoms with E-state index in [0.29, 0.717) is 23.0 Å². The van der Waals surface area contributed by atoms with Gasteiger partial charge in [-0.1, -0.05) is 31.4 Å². The molecule has 0 unspecified atom stereocenters. The lowest BCUT2D eigenvalue weighted by Gasteiger charge is -2.24. The first-order valence-corrected chi connectivity index (χ1v) is 6.75. The van der Waals surface area contributed by atoms with Gasteiger partial charge in [-0.3, -0.25) is 0 Å². The molecule has 1 fully saturated rings. The first-order chi connectivity index (χ1) is 8.61. The van der Waals surface area contributed by atoms with Crippen LogP contribution in [0.1, 0.15) is 38.4 Å². The maximum atomic E-state index is 5.97. The maximum absolute atomic E-state index is 5.97. The molecule has 100 valence electrons. The molecule has 1 N–H and O–H groups in total. The van der Waals surface area contributed by atoms with Gasteiger partial charge in [0.05, 0.1) is 0 Å². The summed E-state index contributed by atoms with van der Waals surface area (Å²) in [5.41, 5.74) is 0.388. The molecular formula is C13H20ClN3O. The Kier molecular flexibility index (Phi) is 4.40. The molecule has 0 bridgehead atoms. The summed E-state index contributed by atoms with van der Waals surface area (Å²) >= 11 is 5.97. The summed E-state index contributed by atoms with van der Waals surface area (Å²) in [5, 5.41) is 3.83. The highest BCUT2D eigenvalue weighted by Crippen LogP contribution is 2.37. The van der Waals surface area contributed by atoms with Gasteiger partial charge in [0.25, 0.3) is 0 Å². The third kappa shape index (κ3) is 3.56. The molecule has 1 aliphatic carbocycles. The van der Waals surface area contributed by atoms with E-state index in [0.717, 1.165) is 12.4 Å². The van der Waals surface area contributed by atoms with Gasteiger partial charge in [-0.05, 0) is 18.3 Å². The minimum absolute atomic E-state index is 0.381. The van der Waals surface area contributed by atoms with Gasteiger partial charge in [-0.15, -0.1) is 0 Å². The van der Waals surface area contributed by atoms with Gasteiger partial charge in [0.2, 0.25) is 0 Å². The van der Waals surface area contributed by atoms with E-state index >= 15 is 0 Å². The molecule has 0 saturated heterocycles. The third-order valence-electron chi connectivity index (χ3n) is 3.52. The number of hydrogen-bond donors (Lipinski definition) is 1. The lowest BCUT2D eigenvalue weighted by Crippen LogP contribution is -2.23. The van der Waals surface area contributed by atoms with Crippen molar-refractivity contribution in [3.63, 3.8) is 0 Å². The second kappa shape index (κ2) is 5.85. The van der Waals surface area contributed by atoms with E-state index in [9.17, 15) is 0 Å². The molecule has 2 rings (SSSR count). The summed E-state index contributed by atoms with van der Waals surface area (Å²) in [6.45, 7) is 3.64. The number of ether oxygens (including phenoxy) is 1. The largest absolute Gasteiger partial charge is 0.377 e. The second-order valence-corrected chi connectivity index (χ2v) is 5.68. The van der Waals surface area contributed by atoms with Crippen LogP contribution < -0.4 is 5.32 Å². The Morgan fingerprint density at radius 1 is 1.39 bits per heavy atom. The molecule has 0 radical (unpaired) electrons. The van der Waals surface area contributed by atoms with Crippen molar-refractivity contribution in [2.24, 2.45) is 5.41 Å². The van der Waals surface area contributed by atoms with Crippen molar-refractivity contribution < 1.29 is 4.74 Å². The van der Waals surface area contributed by atoms with Crippen LogP contribution in [0.25, 0.3) is 0 Å². The van der Waals surface area contributed by atoms with E-state index in [4.69, 9.17) is 16.3 Å². The first kappa shape index (κ1) is 13.6. The van der Waals surface area contributed by atoms with E-state index in [1.807, 2.05) is 0 Å². The van der Waals surface area contributed by atoms with Crippen LogP contribution in [0, 0.1) is 5.41 Å². The highest BCUT2D eigenvalue weighted by molar-refractivity contribution is 6.29. The van der Waals surface area contributed by atoms with Crippen LogP contribution in [0.15, 0.2) is 6.07 Å². The number of anilines is 1. The Morgan fingerprint density at radius 3 is 2.78 bits per heavy atom. The number of hydrogen-bond acceptors (Lipinski definition) is 4. The van der Waals surface area contributed by atoms with Gasteiger partial charge in [0, 0.05) is 19.7 Å². The third-order valence-corrected chi connectivity index (χ3v) is 3.72. The van der Waals surface area contributed by atoms with E-state index in [2.05, 4.69) is 22.2 Å². The fourth-order valence-electron chi connectivity index (χ4n) is 2.46. The fraction of sp³-hybridized carbons (Fsp3) is 0.692. The molecule has 5 heteroatoms. The Morgan fingerprint density at radius 2 is 2.11 bits per heavy atom. The van der Waals surface area contributed by atoms with Crippen molar-refractivity contribution >= 4 is 17.4 Å². The van der Waals surface area contributed by atoms with Crippen LogP contribution in [-0.4, -0.2) is 23.6 Å². The van der Waals surface area contributed by atoms with Gasteiger partial charge in [0.15, 0.2) is 5.82 Å². The standard InChI is InChI=1S/C13H20ClN3O/c1-13(5-3-4-6-13)9-15-11-7-10(14)16-12(17-11)8-18-2/h7H,3-6,8-9H2,1-2H3,(H,15,16,17). The number of nitrogens with zero attached hydrogens (tertiary/aromatic N) is 2. The zero-order valence-electron chi connectivity index (χ0n) is 11.0. The normalized spacial score (nSPS) is 17.9. The van der Waals surface area contributed by atoms with Crippen LogP contribution in [0.2, 0.25) is 5.15 Å². The minimum Gasteiger partial charge on any atom is -0.377 e. The number of rotatable bonds is 5. The summed E-state index contributed by atoms with van der Waals surface area (Å²) < 4.78 is 5.02. The van der Waals surface area contributed by atoms with Crippen LogP contribution in [0.3, 0.4) is 0 Å². The molecule has 1 aromatic rings. The van der Waals surface area contributed by atoms with Crippen LogP contribution >= 0.6 is 11.6 Å². The molecular weight excluding hydrogens is 250 g/mol. The molecule has 0 spiro atoms. The van der Waals surface area contributed by atoms with Crippen molar-refractivity contribution in [1.82, 2.24) is 9.97 Å². The van der Waals surface area contributed by atoms with Gasteiger partial charge in [0.1, 0.15) is 17.6 Å². The molecule has 0 aromatic carbocycles. The average molecular weight is 270 g/mol. The Bertz CT molecular complexity index is 405. The minimum atomic E-state index is 0.381. The van der Waals surface area contributed by atoms with Gasteiger partial charge >= 0.3 is 0 Å². The molecule has 1 aromatic heterocycles. The highest BCUT2D eigenvalue weighted by atomic mass is 35.5. The monoisotopic (exact) mass is 269 g/mol. The second-order valence-electron chi connectivity index (χ2n) is 5.30. The Balaban J connectivity index is 2.00. The van der Waals surface area contributed by atoms with Crippen molar-refractivity contribution in [2.75, 3.05) is 19.0 Å². The lowest BCUT2D eigenvalue weighted by atomic mass is 9.89. The maximum Gasteiger partial charge on any atom is 0.158 e. The van der Waals surface area contributed by atoms with Crippen LogP contribution in [0.5, 0.6) is 0 Å². The smallest absolute Gasteiger partial charge is 0.158 e. The Labute approximate surface area is 113 Å². The van der Waals surface area contributed by atoms with Crippen molar-refractivity contribution in [3.05, 3.63) is 17.0 Å². The predicted octanol–water partition coefficient (Wildman–Crippen LogP) is 3.27. The molecule has 4 nitrogen and oxygen atoms in total. The quantitative estimate of drug-likeness (QED) is 0.834. The molecule has 0 atom stereocenters. The molecule has 0 aliphatic heterocycles. The summed E-state index contributed by atoms with van der Waals surface area (Å²) in [6.07, 6.45) is 5.22. The average Bonchev–Trinajstić information content (AvgIpc) is 2.74. The van der Waals surface area contributed by atoms with Crippen molar-refractivity contribution in [3.8, 4) is 0 Å². The van der Waals surface area contributed by atoms with E-state index in [1.165, 1.54) is 25.7 Å². The lowest BCUT2D eigenvalue weighted by molar-refractivity contribution is 0.178. The number of aromatic nitrogens is 2. The van der Waals surface area contributed by atoms with Gasteiger partial charge in [-0.2, -0.15) is 0 Å². The fourth-order valence-corrected chi connectivity index (χ4v) is 2.66. The molecule has 1 saturated carbocycles. The summed E-state index contributed by atoms with van der Waals surface area (Å²) in [4.78, 5) is 8.49. The highest BCUT2D eigenvalue weighted by Gasteiger charge is 2.28. The summed E-state index contributed by atoms with van der Waals surface area (Å²) in [5.74, 6) is 1.40. The molecule has 18 heavy (non-hydrogen) atoms. The zero-order valence-corrected chi connectivity index (χ0v) is 11.8. The molecule has 0 amide bonds. The predicted molar refractivity (Wildman–Crippen MR) is 72.8 cm³/mol. The van der Waals surface area contributed by atoms with E-state index in [1.54, 1.807) is 13.2 Å². The van der Waals surface area contributed by atoms with Crippen molar-refractivity contribution in [2.45, 2.75) is 39.2 Å². The van der Waals surface area contributed by atoms with Gasteiger partial charge < -0.3 is 10.1 Å². The number of methoxy groups -OCH3 is 1. The van der Waals surface area contributed by atoms with Crippen LogP contribution in [0.4, 0.5) is 5.82 Å². The molecule has 1 heterocycles.